The van der Waals surface area contributed by atoms with Crippen molar-refractivity contribution in [1.29, 1.82) is 0 Å². The largest absolute Gasteiger partial charge is 0.418 e. The van der Waals surface area contributed by atoms with Crippen LogP contribution in [0.15, 0.2) is 48.8 Å². The van der Waals surface area contributed by atoms with E-state index in [9.17, 15) is 22.8 Å². The van der Waals surface area contributed by atoms with E-state index in [1.807, 2.05) is 15.5 Å². The van der Waals surface area contributed by atoms with Crippen molar-refractivity contribution in [2.75, 3.05) is 25.0 Å². The van der Waals surface area contributed by atoms with Gasteiger partial charge in [-0.2, -0.15) is 13.2 Å². The Kier molecular flexibility index (Phi) is 6.02. The molecule has 1 aliphatic rings. The second-order valence-corrected chi connectivity index (χ2v) is 7.57. The molecule has 2 heterocycles. The number of rotatable bonds is 5. The monoisotopic (exact) mass is 445 g/mol. The van der Waals surface area contributed by atoms with E-state index in [0.29, 0.717) is 17.6 Å². The highest BCUT2D eigenvalue weighted by molar-refractivity contribution is 5.97. The number of urea groups is 1. The summed E-state index contributed by atoms with van der Waals surface area (Å²) in [5, 5.41) is 4.80. The topological polar surface area (TPSA) is 79.3 Å². The van der Waals surface area contributed by atoms with Gasteiger partial charge in [0.15, 0.2) is 0 Å². The van der Waals surface area contributed by atoms with E-state index in [-0.39, 0.29) is 18.1 Å². The third-order valence-electron chi connectivity index (χ3n) is 5.38. The second kappa shape index (κ2) is 8.89. The Morgan fingerprint density at radius 1 is 1.06 bits per heavy atom. The van der Waals surface area contributed by atoms with Gasteiger partial charge >= 0.3 is 12.2 Å². The number of amides is 3. The number of aromatic nitrogens is 2. The minimum absolute atomic E-state index is 0.00331. The first-order chi connectivity index (χ1) is 15.3. The number of carbonyl (C=O) groups excluding carboxylic acids is 2. The van der Waals surface area contributed by atoms with Gasteiger partial charge in [0, 0.05) is 31.7 Å². The van der Waals surface area contributed by atoms with Gasteiger partial charge in [-0.1, -0.05) is 12.1 Å². The lowest BCUT2D eigenvalue weighted by atomic mass is 10.1. The predicted molar refractivity (Wildman–Crippen MR) is 113 cm³/mol. The number of para-hydroxylation sites is 1. The molecule has 32 heavy (non-hydrogen) atoms. The molecule has 3 aromatic rings. The Balaban J connectivity index is 1.36. The highest BCUT2D eigenvalue weighted by Gasteiger charge is 2.33. The van der Waals surface area contributed by atoms with Crippen LogP contribution in [0.1, 0.15) is 28.8 Å². The molecule has 1 aliphatic heterocycles. The normalized spacial score (nSPS) is 14.0. The molecule has 0 unspecified atom stereocenters. The number of hydrogen-bond donors (Lipinski definition) is 2. The standard InChI is InChI=1S/C22H22F3N5O2/c23-22(24,25)16-5-1-2-6-17(16)28-21(32)26-9-12-30-14-27-18-13-15(7-8-19(18)30)20(31)29-10-3-4-11-29/h1-2,5-8,13-14H,3-4,9-12H2,(H2,26,28,32). The van der Waals surface area contributed by atoms with Crippen LogP contribution in [0.2, 0.25) is 0 Å². The summed E-state index contributed by atoms with van der Waals surface area (Å²) < 4.78 is 40.9. The molecule has 2 aromatic carbocycles. The fourth-order valence-electron chi connectivity index (χ4n) is 3.77. The summed E-state index contributed by atoms with van der Waals surface area (Å²) in [5.41, 5.74) is 0.840. The molecule has 10 heteroatoms. The Morgan fingerprint density at radius 3 is 2.56 bits per heavy atom. The molecular formula is C22H22F3N5O2. The summed E-state index contributed by atoms with van der Waals surface area (Å²) in [4.78, 5) is 30.8. The number of nitrogens with zero attached hydrogens (tertiary/aromatic N) is 3. The zero-order chi connectivity index (χ0) is 22.7. The molecular weight excluding hydrogens is 423 g/mol. The lowest BCUT2D eigenvalue weighted by Crippen LogP contribution is -2.32. The maximum atomic E-state index is 13.0. The number of alkyl halides is 3. The summed E-state index contributed by atoms with van der Waals surface area (Å²) in [5.74, 6) is -0.00331. The van der Waals surface area contributed by atoms with Crippen LogP contribution < -0.4 is 10.6 Å². The van der Waals surface area contributed by atoms with E-state index >= 15 is 0 Å². The van der Waals surface area contributed by atoms with Crippen LogP contribution in [-0.4, -0.2) is 46.0 Å². The summed E-state index contributed by atoms with van der Waals surface area (Å²) in [6.45, 7) is 2.09. The first-order valence-corrected chi connectivity index (χ1v) is 10.3. The molecule has 1 saturated heterocycles. The third-order valence-corrected chi connectivity index (χ3v) is 5.38. The molecule has 3 amide bonds. The molecule has 4 rings (SSSR count). The summed E-state index contributed by atoms with van der Waals surface area (Å²) in [6, 6.07) is 9.39. The van der Waals surface area contributed by atoms with Crippen molar-refractivity contribution in [2.24, 2.45) is 0 Å². The number of hydrogen-bond acceptors (Lipinski definition) is 3. The van der Waals surface area contributed by atoms with Crippen LogP contribution in [0.4, 0.5) is 23.7 Å². The first-order valence-electron chi connectivity index (χ1n) is 10.3. The van der Waals surface area contributed by atoms with Crippen LogP contribution >= 0.6 is 0 Å². The van der Waals surface area contributed by atoms with Gasteiger partial charge in [-0.15, -0.1) is 0 Å². The summed E-state index contributed by atoms with van der Waals surface area (Å²) in [7, 11) is 0. The number of imidazole rings is 1. The fraction of sp³-hybridized carbons (Fsp3) is 0.318. The quantitative estimate of drug-likeness (QED) is 0.620. The first kappa shape index (κ1) is 21.7. The van der Waals surface area contributed by atoms with E-state index in [1.165, 1.54) is 18.2 Å². The van der Waals surface area contributed by atoms with Crippen molar-refractivity contribution in [2.45, 2.75) is 25.6 Å². The molecule has 0 radical (unpaired) electrons. The molecule has 0 spiro atoms. The minimum atomic E-state index is -4.56. The zero-order valence-corrected chi connectivity index (χ0v) is 17.2. The van der Waals surface area contributed by atoms with Crippen LogP contribution in [0, 0.1) is 0 Å². The van der Waals surface area contributed by atoms with Crippen molar-refractivity contribution in [1.82, 2.24) is 19.8 Å². The smallest absolute Gasteiger partial charge is 0.339 e. The highest BCUT2D eigenvalue weighted by Crippen LogP contribution is 2.34. The van der Waals surface area contributed by atoms with E-state index < -0.39 is 17.8 Å². The van der Waals surface area contributed by atoms with Crippen LogP contribution in [0.5, 0.6) is 0 Å². The van der Waals surface area contributed by atoms with Crippen molar-refractivity contribution >= 4 is 28.7 Å². The van der Waals surface area contributed by atoms with E-state index in [1.54, 1.807) is 18.5 Å². The average Bonchev–Trinajstić information content (AvgIpc) is 3.43. The lowest BCUT2D eigenvalue weighted by molar-refractivity contribution is -0.136. The number of fused-ring (bicyclic) bond motifs is 1. The van der Waals surface area contributed by atoms with Gasteiger partial charge in [0.2, 0.25) is 0 Å². The Bertz CT molecular complexity index is 1140. The van der Waals surface area contributed by atoms with Crippen molar-refractivity contribution in [3.63, 3.8) is 0 Å². The third kappa shape index (κ3) is 4.68. The van der Waals surface area contributed by atoms with Gasteiger partial charge in [0.05, 0.1) is 28.6 Å². The lowest BCUT2D eigenvalue weighted by Gasteiger charge is -2.15. The minimum Gasteiger partial charge on any atom is -0.339 e. The van der Waals surface area contributed by atoms with Crippen molar-refractivity contribution < 1.29 is 22.8 Å². The molecule has 168 valence electrons. The molecule has 1 fully saturated rings. The van der Waals surface area contributed by atoms with E-state index in [4.69, 9.17) is 0 Å². The van der Waals surface area contributed by atoms with Gasteiger partial charge in [-0.25, -0.2) is 9.78 Å². The molecule has 0 atom stereocenters. The second-order valence-electron chi connectivity index (χ2n) is 7.57. The number of benzene rings is 2. The Labute approximate surface area is 182 Å². The van der Waals surface area contributed by atoms with E-state index in [2.05, 4.69) is 15.6 Å². The molecule has 0 aliphatic carbocycles. The van der Waals surface area contributed by atoms with Crippen molar-refractivity contribution in [3.8, 4) is 0 Å². The summed E-state index contributed by atoms with van der Waals surface area (Å²) in [6.07, 6.45) is -0.919. The van der Waals surface area contributed by atoms with Crippen molar-refractivity contribution in [3.05, 3.63) is 59.9 Å². The molecule has 0 bridgehead atoms. The molecule has 0 saturated carbocycles. The van der Waals surface area contributed by atoms with Gasteiger partial charge in [0.25, 0.3) is 5.91 Å². The number of halogens is 3. The highest BCUT2D eigenvalue weighted by atomic mass is 19.4. The Hall–Kier alpha value is -3.56. The maximum absolute atomic E-state index is 13.0. The zero-order valence-electron chi connectivity index (χ0n) is 17.2. The average molecular weight is 445 g/mol. The Morgan fingerprint density at radius 2 is 1.81 bits per heavy atom. The number of carbonyl (C=O) groups is 2. The number of likely N-dealkylation sites (tertiary alicyclic amines) is 1. The van der Waals surface area contributed by atoms with Gasteiger partial charge in [-0.3, -0.25) is 4.79 Å². The number of nitrogens with one attached hydrogen (secondary N) is 2. The van der Waals surface area contributed by atoms with Crippen LogP contribution in [-0.2, 0) is 12.7 Å². The molecule has 1 aromatic heterocycles. The maximum Gasteiger partial charge on any atom is 0.418 e. The molecule has 2 N–H and O–H groups in total. The number of anilines is 1. The predicted octanol–water partition coefficient (Wildman–Crippen LogP) is 4.11. The molecule has 7 nitrogen and oxygen atoms in total. The summed E-state index contributed by atoms with van der Waals surface area (Å²) >= 11 is 0. The van der Waals surface area contributed by atoms with Gasteiger partial charge in [0.1, 0.15) is 0 Å². The fourth-order valence-corrected chi connectivity index (χ4v) is 3.77. The van der Waals surface area contributed by atoms with E-state index in [0.717, 1.165) is 37.5 Å². The van der Waals surface area contributed by atoms with Gasteiger partial charge < -0.3 is 20.1 Å². The van der Waals surface area contributed by atoms with Crippen LogP contribution in [0.3, 0.4) is 0 Å². The van der Waals surface area contributed by atoms with Gasteiger partial charge in [-0.05, 0) is 43.2 Å². The van der Waals surface area contributed by atoms with Crippen LogP contribution in [0.25, 0.3) is 11.0 Å². The SMILES string of the molecule is O=C(NCCn1cnc2cc(C(=O)N3CCCC3)ccc21)Nc1ccccc1C(F)(F)F.